The van der Waals surface area contributed by atoms with Crippen LogP contribution in [0, 0.1) is 17.5 Å². The van der Waals surface area contributed by atoms with Crippen molar-refractivity contribution >= 4 is 21.4 Å². The molecular weight excluding hydrogens is 297 g/mol. The van der Waals surface area contributed by atoms with E-state index >= 15 is 0 Å². The van der Waals surface area contributed by atoms with Gasteiger partial charge in [-0.05, 0) is 6.42 Å². The first-order valence-corrected chi connectivity index (χ1v) is 7.55. The van der Waals surface area contributed by atoms with E-state index in [1.807, 2.05) is 5.32 Å². The lowest BCUT2D eigenvalue weighted by atomic mass is 10.2. The molecule has 5 nitrogen and oxygen atoms in total. The van der Waals surface area contributed by atoms with Crippen LogP contribution in [0.1, 0.15) is 6.42 Å². The summed E-state index contributed by atoms with van der Waals surface area (Å²) in [5.74, 6) is -5.21. The minimum absolute atomic E-state index is 0.190. The molecular formula is C11H13F3N2O3S. The number of anilines is 1. The van der Waals surface area contributed by atoms with E-state index in [1.54, 1.807) is 0 Å². The van der Waals surface area contributed by atoms with Crippen LogP contribution in [0.3, 0.4) is 0 Å². The summed E-state index contributed by atoms with van der Waals surface area (Å²) in [5.41, 5.74) is 4.72. The highest BCUT2D eigenvalue weighted by Crippen LogP contribution is 2.19. The molecule has 0 aliphatic carbocycles. The molecule has 20 heavy (non-hydrogen) atoms. The van der Waals surface area contributed by atoms with Crippen molar-refractivity contribution in [2.75, 3.05) is 17.3 Å². The van der Waals surface area contributed by atoms with E-state index in [0.29, 0.717) is 12.1 Å². The lowest BCUT2D eigenvalue weighted by Gasteiger charge is -2.12. The third-order valence-corrected chi connectivity index (χ3v) is 3.36. The Morgan fingerprint density at radius 3 is 2.50 bits per heavy atom. The molecule has 1 rings (SSSR count). The summed E-state index contributed by atoms with van der Waals surface area (Å²) >= 11 is 0. The average molecular weight is 310 g/mol. The Hall–Kier alpha value is -1.61. The smallest absolute Gasteiger partial charge is 0.241 e. The third kappa shape index (κ3) is 4.82. The molecule has 0 saturated heterocycles. The number of rotatable bonds is 5. The minimum Gasteiger partial charge on any atom is -0.322 e. The SMILES string of the molecule is CS(=O)(=O)CCC(N)C(=O)Nc1cc(F)cc(F)c1F. The van der Waals surface area contributed by atoms with Gasteiger partial charge in [-0.25, -0.2) is 21.6 Å². The number of nitrogens with one attached hydrogen (secondary N) is 1. The number of hydrogen-bond donors (Lipinski definition) is 2. The summed E-state index contributed by atoms with van der Waals surface area (Å²) < 4.78 is 60.9. The van der Waals surface area contributed by atoms with E-state index in [2.05, 4.69) is 0 Å². The van der Waals surface area contributed by atoms with Crippen LogP contribution in [0.5, 0.6) is 0 Å². The summed E-state index contributed by atoms with van der Waals surface area (Å²) in [6.07, 6.45) is 0.781. The van der Waals surface area contributed by atoms with Crippen LogP contribution in [0.4, 0.5) is 18.9 Å². The first kappa shape index (κ1) is 16.4. The van der Waals surface area contributed by atoms with Crippen molar-refractivity contribution in [2.45, 2.75) is 12.5 Å². The van der Waals surface area contributed by atoms with E-state index in [4.69, 9.17) is 5.73 Å². The Kier molecular flexibility index (Phi) is 5.12. The molecule has 0 fully saturated rings. The molecule has 0 aromatic heterocycles. The number of hydrogen-bond acceptors (Lipinski definition) is 4. The van der Waals surface area contributed by atoms with Gasteiger partial charge < -0.3 is 11.1 Å². The fourth-order valence-corrected chi connectivity index (χ4v) is 2.03. The highest BCUT2D eigenvalue weighted by atomic mass is 32.2. The number of sulfone groups is 1. The van der Waals surface area contributed by atoms with Crippen LogP contribution in [0.25, 0.3) is 0 Å². The lowest BCUT2D eigenvalue weighted by Crippen LogP contribution is -2.37. The Bertz CT molecular complexity index is 620. The van der Waals surface area contributed by atoms with Crippen molar-refractivity contribution in [3.63, 3.8) is 0 Å². The molecule has 1 aromatic carbocycles. The van der Waals surface area contributed by atoms with E-state index in [0.717, 1.165) is 6.26 Å². The molecule has 0 heterocycles. The molecule has 1 atom stereocenters. The van der Waals surface area contributed by atoms with Gasteiger partial charge in [-0.2, -0.15) is 0 Å². The van der Waals surface area contributed by atoms with Crippen LogP contribution in [-0.4, -0.2) is 32.4 Å². The van der Waals surface area contributed by atoms with Crippen LogP contribution in [0.2, 0.25) is 0 Å². The Morgan fingerprint density at radius 1 is 1.35 bits per heavy atom. The molecule has 0 bridgehead atoms. The van der Waals surface area contributed by atoms with Gasteiger partial charge in [0.25, 0.3) is 0 Å². The number of benzene rings is 1. The second-order valence-corrected chi connectivity index (χ2v) is 6.52. The van der Waals surface area contributed by atoms with E-state index in [9.17, 15) is 26.4 Å². The number of nitrogens with two attached hydrogens (primary N) is 1. The summed E-state index contributed by atoms with van der Waals surface area (Å²) in [7, 11) is -3.30. The fourth-order valence-electron chi connectivity index (χ4n) is 1.34. The maximum absolute atomic E-state index is 13.3. The minimum atomic E-state index is -3.30. The van der Waals surface area contributed by atoms with Crippen molar-refractivity contribution in [1.29, 1.82) is 0 Å². The van der Waals surface area contributed by atoms with Gasteiger partial charge in [-0.15, -0.1) is 0 Å². The average Bonchev–Trinajstić information content (AvgIpc) is 2.31. The van der Waals surface area contributed by atoms with Crippen molar-refractivity contribution in [1.82, 2.24) is 0 Å². The zero-order valence-electron chi connectivity index (χ0n) is 10.5. The van der Waals surface area contributed by atoms with E-state index in [1.165, 1.54) is 0 Å². The van der Waals surface area contributed by atoms with Crippen LogP contribution < -0.4 is 11.1 Å². The maximum atomic E-state index is 13.3. The quantitative estimate of drug-likeness (QED) is 0.787. The first-order chi connectivity index (χ1) is 9.10. The standard InChI is InChI=1S/C11H13F3N2O3S/c1-20(18,19)3-2-8(15)11(17)16-9-5-6(12)4-7(13)10(9)14/h4-5,8H,2-3,15H2,1H3,(H,16,17). The van der Waals surface area contributed by atoms with Gasteiger partial charge in [0, 0.05) is 18.4 Å². The van der Waals surface area contributed by atoms with Crippen molar-refractivity contribution in [3.8, 4) is 0 Å². The normalized spacial score (nSPS) is 13.1. The lowest BCUT2D eigenvalue weighted by molar-refractivity contribution is -0.117. The zero-order valence-corrected chi connectivity index (χ0v) is 11.3. The van der Waals surface area contributed by atoms with Gasteiger partial charge in [-0.3, -0.25) is 4.79 Å². The Balaban J connectivity index is 2.76. The molecule has 1 unspecified atom stereocenters. The third-order valence-electron chi connectivity index (χ3n) is 2.39. The predicted molar refractivity (Wildman–Crippen MR) is 67.2 cm³/mol. The molecule has 0 spiro atoms. The van der Waals surface area contributed by atoms with Crippen LogP contribution in [-0.2, 0) is 14.6 Å². The molecule has 9 heteroatoms. The highest BCUT2D eigenvalue weighted by Gasteiger charge is 2.19. The maximum Gasteiger partial charge on any atom is 0.241 e. The van der Waals surface area contributed by atoms with Gasteiger partial charge in [0.15, 0.2) is 11.6 Å². The fraction of sp³-hybridized carbons (Fsp3) is 0.364. The molecule has 3 N–H and O–H groups in total. The molecule has 0 radical (unpaired) electrons. The first-order valence-electron chi connectivity index (χ1n) is 5.49. The van der Waals surface area contributed by atoms with Crippen LogP contribution in [0.15, 0.2) is 12.1 Å². The van der Waals surface area contributed by atoms with Gasteiger partial charge in [0.2, 0.25) is 5.91 Å². The van der Waals surface area contributed by atoms with Crippen molar-refractivity contribution in [3.05, 3.63) is 29.6 Å². The summed E-state index contributed by atoms with van der Waals surface area (Å²) in [4.78, 5) is 11.6. The highest BCUT2D eigenvalue weighted by molar-refractivity contribution is 7.90. The summed E-state index contributed by atoms with van der Waals surface area (Å²) in [5, 5.41) is 1.91. The summed E-state index contributed by atoms with van der Waals surface area (Å²) in [6, 6.07) is -0.316. The van der Waals surface area contributed by atoms with Gasteiger partial charge in [0.05, 0.1) is 17.5 Å². The number of halogens is 3. The Labute approximate surface area is 113 Å². The van der Waals surface area contributed by atoms with Gasteiger partial charge >= 0.3 is 0 Å². The molecule has 0 saturated carbocycles. The molecule has 1 aromatic rings. The second kappa shape index (κ2) is 6.23. The van der Waals surface area contributed by atoms with Gasteiger partial charge in [0.1, 0.15) is 15.7 Å². The largest absolute Gasteiger partial charge is 0.322 e. The Morgan fingerprint density at radius 2 is 1.95 bits per heavy atom. The predicted octanol–water partition coefficient (Wildman–Crippen LogP) is 0.804. The van der Waals surface area contributed by atoms with Crippen molar-refractivity contribution < 1.29 is 26.4 Å². The topological polar surface area (TPSA) is 89.3 Å². The number of carbonyl (C=O) groups is 1. The van der Waals surface area contributed by atoms with Crippen LogP contribution >= 0.6 is 0 Å². The molecule has 0 aliphatic rings. The van der Waals surface area contributed by atoms with Gasteiger partial charge in [-0.1, -0.05) is 0 Å². The number of amides is 1. The summed E-state index contributed by atoms with van der Waals surface area (Å²) in [6.45, 7) is 0. The van der Waals surface area contributed by atoms with E-state index in [-0.39, 0.29) is 12.2 Å². The molecule has 0 aliphatic heterocycles. The van der Waals surface area contributed by atoms with Crippen molar-refractivity contribution in [2.24, 2.45) is 5.73 Å². The monoisotopic (exact) mass is 310 g/mol. The number of carbonyl (C=O) groups excluding carboxylic acids is 1. The molecule has 1 amide bonds. The molecule has 112 valence electrons. The van der Waals surface area contributed by atoms with E-state index < -0.39 is 44.9 Å². The zero-order chi connectivity index (χ0) is 15.5. The second-order valence-electron chi connectivity index (χ2n) is 4.26.